The van der Waals surface area contributed by atoms with Crippen molar-refractivity contribution in [2.24, 2.45) is 0 Å². The van der Waals surface area contributed by atoms with Crippen LogP contribution in [0.1, 0.15) is 20.3 Å². The molecule has 0 heterocycles. The summed E-state index contributed by atoms with van der Waals surface area (Å²) in [5.41, 5.74) is 6.69. The highest BCUT2D eigenvalue weighted by molar-refractivity contribution is 6.76. The standard InChI is InChI=1S/C9H12Cl3N3O3/c1-3-5(14-8(17)9(10,11)12)6(15-13)7(16)18-4-2/h5,13H,3-4H2,1-2H3/p+1. The number of alkyl halides is 3. The van der Waals surface area contributed by atoms with E-state index >= 15 is 0 Å². The molecule has 0 aromatic rings. The van der Waals surface area contributed by atoms with Crippen molar-refractivity contribution in [2.45, 2.75) is 30.1 Å². The first kappa shape index (κ1) is 17.2. The number of nitrogens with zero attached hydrogens (tertiary/aromatic N) is 1. The number of hydrogen-bond acceptors (Lipinski definition) is 4. The lowest BCUT2D eigenvalue weighted by Crippen LogP contribution is -2.48. The summed E-state index contributed by atoms with van der Waals surface area (Å²) in [6.45, 7) is 3.42. The Morgan fingerprint density at radius 2 is 1.94 bits per heavy atom. The molecule has 102 valence electrons. The average Bonchev–Trinajstić information content (AvgIpc) is 2.27. The second kappa shape index (κ2) is 7.59. The molecule has 0 rings (SSSR count). The van der Waals surface area contributed by atoms with E-state index in [0.717, 1.165) is 0 Å². The zero-order chi connectivity index (χ0) is 14.3. The largest absolute Gasteiger partial charge is 0.457 e. The van der Waals surface area contributed by atoms with Crippen LogP contribution in [0.5, 0.6) is 0 Å². The summed E-state index contributed by atoms with van der Waals surface area (Å²) in [7, 11) is 0. The monoisotopic (exact) mass is 316 g/mol. The highest BCUT2D eigenvalue weighted by Gasteiger charge is 2.39. The fourth-order valence-electron chi connectivity index (χ4n) is 1.07. The van der Waals surface area contributed by atoms with Gasteiger partial charge in [0.1, 0.15) is 6.04 Å². The summed E-state index contributed by atoms with van der Waals surface area (Å²) in [6.07, 6.45) is 0.295. The molecule has 0 radical (unpaired) electrons. The molecule has 0 aliphatic carbocycles. The minimum Gasteiger partial charge on any atom is -0.457 e. The van der Waals surface area contributed by atoms with E-state index in [0.29, 0.717) is 6.42 Å². The topological polar surface area (TPSA) is 93.3 Å². The van der Waals surface area contributed by atoms with Crippen LogP contribution in [0.25, 0.3) is 0 Å². The molecule has 9 heteroatoms. The van der Waals surface area contributed by atoms with Crippen LogP contribution in [0.4, 0.5) is 0 Å². The maximum Gasteiger partial charge on any atom is 0.446 e. The first-order valence-corrected chi connectivity index (χ1v) is 6.20. The van der Waals surface area contributed by atoms with Gasteiger partial charge in [-0.1, -0.05) is 41.7 Å². The second-order valence-electron chi connectivity index (χ2n) is 3.15. The predicted octanol–water partition coefficient (Wildman–Crippen LogP) is 1.49. The quantitative estimate of drug-likeness (QED) is 0.264. The van der Waals surface area contributed by atoms with Gasteiger partial charge in [-0.05, 0) is 13.3 Å². The number of amides is 1. The Morgan fingerprint density at radius 1 is 1.39 bits per heavy atom. The van der Waals surface area contributed by atoms with Crippen LogP contribution in [0.3, 0.4) is 0 Å². The van der Waals surface area contributed by atoms with Crippen LogP contribution in [0.15, 0.2) is 0 Å². The third-order valence-electron chi connectivity index (χ3n) is 1.91. The van der Waals surface area contributed by atoms with Crippen LogP contribution >= 0.6 is 34.8 Å². The van der Waals surface area contributed by atoms with Gasteiger partial charge in [-0.3, -0.25) is 4.79 Å². The van der Waals surface area contributed by atoms with Gasteiger partial charge in [-0.15, -0.1) is 0 Å². The van der Waals surface area contributed by atoms with Crippen LogP contribution in [0.2, 0.25) is 0 Å². The van der Waals surface area contributed by atoms with Crippen LogP contribution < -0.4 is 5.32 Å². The Morgan fingerprint density at radius 3 is 2.28 bits per heavy atom. The van der Waals surface area contributed by atoms with Crippen molar-refractivity contribution in [3.63, 3.8) is 0 Å². The van der Waals surface area contributed by atoms with Crippen molar-refractivity contribution in [3.05, 3.63) is 0 Å². The Labute approximate surface area is 119 Å². The van der Waals surface area contributed by atoms with E-state index in [1.54, 1.807) is 13.8 Å². The van der Waals surface area contributed by atoms with Gasteiger partial charge in [-0.2, -0.15) is 0 Å². The molecule has 0 fully saturated rings. The summed E-state index contributed by atoms with van der Waals surface area (Å²) >= 11 is 16.2. The van der Waals surface area contributed by atoms with Crippen molar-refractivity contribution in [1.82, 2.24) is 5.32 Å². The van der Waals surface area contributed by atoms with Gasteiger partial charge in [0, 0.05) is 0 Å². The third kappa shape index (κ3) is 5.23. The van der Waals surface area contributed by atoms with Gasteiger partial charge in [-0.25, -0.2) is 4.79 Å². The maximum atomic E-state index is 11.5. The van der Waals surface area contributed by atoms with E-state index < -0.39 is 21.7 Å². The lowest BCUT2D eigenvalue weighted by atomic mass is 10.1. The Kier molecular flexibility index (Phi) is 7.25. The molecular weight excluding hydrogens is 304 g/mol. The molecule has 0 aliphatic heterocycles. The fraction of sp³-hybridized carbons (Fsp3) is 0.667. The molecule has 0 bridgehead atoms. The average molecular weight is 318 g/mol. The summed E-state index contributed by atoms with van der Waals surface area (Å²) < 4.78 is 2.56. The number of halogens is 3. The van der Waals surface area contributed by atoms with Crippen molar-refractivity contribution in [3.8, 4) is 0 Å². The molecular formula is C9H13Cl3N3O3+. The van der Waals surface area contributed by atoms with E-state index in [1.807, 2.05) is 0 Å². The van der Waals surface area contributed by atoms with Crippen molar-refractivity contribution < 1.29 is 19.1 Å². The first-order valence-electron chi connectivity index (χ1n) is 5.07. The SMILES string of the molecule is CCOC(=O)C(=[N+]=N)C(CC)NC(=O)C(Cl)(Cl)Cl. The molecule has 0 saturated heterocycles. The van der Waals surface area contributed by atoms with E-state index in [4.69, 9.17) is 45.1 Å². The Hall–Kier alpha value is -0.810. The Balaban J connectivity index is 4.92. The number of rotatable bonds is 5. The van der Waals surface area contributed by atoms with Gasteiger partial charge in [0.15, 0.2) is 0 Å². The van der Waals surface area contributed by atoms with E-state index in [9.17, 15) is 9.59 Å². The molecule has 0 saturated carbocycles. The highest BCUT2D eigenvalue weighted by Crippen LogP contribution is 2.26. The molecule has 18 heavy (non-hydrogen) atoms. The van der Waals surface area contributed by atoms with Crippen LogP contribution in [-0.2, 0) is 14.3 Å². The molecule has 0 spiro atoms. The zero-order valence-electron chi connectivity index (χ0n) is 9.80. The van der Waals surface area contributed by atoms with Gasteiger partial charge < -0.3 is 10.1 Å². The minimum atomic E-state index is -2.14. The molecule has 0 aromatic heterocycles. The van der Waals surface area contributed by atoms with Crippen molar-refractivity contribution in [1.29, 1.82) is 5.53 Å². The number of nitrogens with one attached hydrogen (secondary N) is 2. The van der Waals surface area contributed by atoms with Crippen molar-refractivity contribution in [2.75, 3.05) is 6.61 Å². The summed E-state index contributed by atoms with van der Waals surface area (Å²) in [5, 5.41) is 2.31. The van der Waals surface area contributed by atoms with Gasteiger partial charge in [0.05, 0.1) is 16.9 Å². The number of carbonyl (C=O) groups excluding carboxylic acids is 2. The molecule has 1 unspecified atom stereocenters. The van der Waals surface area contributed by atoms with E-state index in [1.165, 1.54) is 0 Å². The molecule has 2 N–H and O–H groups in total. The van der Waals surface area contributed by atoms with Crippen molar-refractivity contribution >= 4 is 52.4 Å². The maximum absolute atomic E-state index is 11.5. The minimum absolute atomic E-state index is 0.132. The highest BCUT2D eigenvalue weighted by atomic mass is 35.6. The lowest BCUT2D eigenvalue weighted by molar-refractivity contribution is -0.154. The van der Waals surface area contributed by atoms with Gasteiger partial charge in [0.25, 0.3) is 9.70 Å². The summed E-state index contributed by atoms with van der Waals surface area (Å²) in [4.78, 5) is 26.0. The molecule has 6 nitrogen and oxygen atoms in total. The summed E-state index contributed by atoms with van der Waals surface area (Å²) in [5.74, 6) is -1.69. The predicted molar refractivity (Wildman–Crippen MR) is 67.1 cm³/mol. The first-order chi connectivity index (χ1) is 8.27. The third-order valence-corrected chi connectivity index (χ3v) is 2.42. The van der Waals surface area contributed by atoms with Gasteiger partial charge >= 0.3 is 11.7 Å². The molecule has 1 amide bonds. The Bertz CT molecular complexity index is 375. The van der Waals surface area contributed by atoms with Crippen LogP contribution in [-0.4, -0.2) is 38.8 Å². The molecule has 0 aliphatic rings. The van der Waals surface area contributed by atoms with E-state index in [-0.39, 0.29) is 12.3 Å². The number of carbonyl (C=O) groups is 2. The summed E-state index contributed by atoms with van der Waals surface area (Å²) in [6, 6.07) is -0.843. The molecule has 0 aromatic carbocycles. The number of hydrogen-bond donors (Lipinski definition) is 2. The van der Waals surface area contributed by atoms with Crippen LogP contribution in [0, 0.1) is 5.53 Å². The number of esters is 1. The van der Waals surface area contributed by atoms with E-state index in [2.05, 4.69) is 10.1 Å². The number of ether oxygens (including phenoxy) is 1. The zero-order valence-corrected chi connectivity index (χ0v) is 12.1. The lowest BCUT2D eigenvalue weighted by Gasteiger charge is -2.15. The normalized spacial score (nSPS) is 12.3. The fourth-order valence-corrected chi connectivity index (χ4v) is 1.24. The smallest absolute Gasteiger partial charge is 0.446 e. The molecule has 1 atom stereocenters. The van der Waals surface area contributed by atoms with Gasteiger partial charge in [0.2, 0.25) is 0 Å². The second-order valence-corrected chi connectivity index (χ2v) is 5.43.